The molecule has 3 heteroatoms. The van der Waals surface area contributed by atoms with Crippen LogP contribution in [0, 0.1) is 3.57 Å². The summed E-state index contributed by atoms with van der Waals surface area (Å²) in [7, 11) is 0. The minimum Gasteiger partial charge on any atom is -0.256 e. The number of pyridine rings is 2. The van der Waals surface area contributed by atoms with Gasteiger partial charge < -0.3 is 0 Å². The number of halogens is 1. The Kier molecular flexibility index (Phi) is 5.11. The van der Waals surface area contributed by atoms with E-state index < -0.39 is 0 Å². The Morgan fingerprint density at radius 1 is 0.455 bits per heavy atom. The van der Waals surface area contributed by atoms with Gasteiger partial charge in [0.15, 0.2) is 0 Å². The number of hydrogen-bond acceptors (Lipinski definition) is 2. The lowest BCUT2D eigenvalue weighted by Crippen LogP contribution is -1.88. The van der Waals surface area contributed by atoms with Crippen molar-refractivity contribution in [2.45, 2.75) is 0 Å². The predicted octanol–water partition coefficient (Wildman–Crippen LogP) is 8.39. The molecule has 0 atom stereocenters. The molecule has 0 spiro atoms. The second-order valence-electron chi connectivity index (χ2n) is 8.13. The summed E-state index contributed by atoms with van der Waals surface area (Å²) in [6.45, 7) is 0. The van der Waals surface area contributed by atoms with Crippen molar-refractivity contribution in [2.24, 2.45) is 0 Å². The quantitative estimate of drug-likeness (QED) is 0.213. The molecular weight excluding hydrogens is 515 g/mol. The van der Waals surface area contributed by atoms with Crippen LogP contribution >= 0.6 is 22.6 Å². The third kappa shape index (κ3) is 4.00. The highest BCUT2D eigenvalue weighted by Gasteiger charge is 2.06. The van der Waals surface area contributed by atoms with Gasteiger partial charge >= 0.3 is 0 Å². The maximum absolute atomic E-state index is 4.75. The molecule has 156 valence electrons. The lowest BCUT2D eigenvalue weighted by Gasteiger charge is -2.08. The Hall–Kier alpha value is -3.57. The third-order valence-corrected chi connectivity index (χ3v) is 6.72. The van der Waals surface area contributed by atoms with Crippen LogP contribution < -0.4 is 0 Å². The molecular formula is C30H19IN2. The Balaban J connectivity index is 1.30. The molecule has 0 aliphatic rings. The van der Waals surface area contributed by atoms with E-state index in [1.54, 1.807) is 0 Å². The lowest BCUT2D eigenvalue weighted by molar-refractivity contribution is 1.32. The number of fused-ring (bicyclic) bond motifs is 2. The molecule has 0 aliphatic heterocycles. The Morgan fingerprint density at radius 2 is 1.12 bits per heavy atom. The molecule has 4 aromatic carbocycles. The van der Waals surface area contributed by atoms with Crippen LogP contribution in [0.3, 0.4) is 0 Å². The highest BCUT2D eigenvalue weighted by Crippen LogP contribution is 2.29. The average Bonchev–Trinajstić information content (AvgIpc) is 2.88. The molecule has 0 saturated carbocycles. The van der Waals surface area contributed by atoms with E-state index in [1.165, 1.54) is 25.5 Å². The molecule has 0 radical (unpaired) electrons. The van der Waals surface area contributed by atoms with Crippen molar-refractivity contribution < 1.29 is 0 Å². The second kappa shape index (κ2) is 8.41. The number of aromatic nitrogens is 2. The normalized spacial score (nSPS) is 11.2. The van der Waals surface area contributed by atoms with E-state index in [1.807, 2.05) is 12.4 Å². The van der Waals surface area contributed by atoms with Gasteiger partial charge in [0.2, 0.25) is 0 Å². The van der Waals surface area contributed by atoms with Crippen LogP contribution in [0.25, 0.3) is 55.2 Å². The summed E-state index contributed by atoms with van der Waals surface area (Å²) in [6, 6.07) is 36.3. The first-order chi connectivity index (χ1) is 16.2. The van der Waals surface area contributed by atoms with E-state index in [0.29, 0.717) is 0 Å². The first-order valence-electron chi connectivity index (χ1n) is 10.8. The Morgan fingerprint density at radius 3 is 1.94 bits per heavy atom. The summed E-state index contributed by atoms with van der Waals surface area (Å²) < 4.78 is 1.24. The molecule has 2 aromatic heterocycles. The van der Waals surface area contributed by atoms with E-state index >= 15 is 0 Å². The van der Waals surface area contributed by atoms with E-state index in [0.717, 1.165) is 33.3 Å². The van der Waals surface area contributed by atoms with Crippen LogP contribution in [0.2, 0.25) is 0 Å². The maximum atomic E-state index is 4.75. The van der Waals surface area contributed by atoms with Crippen molar-refractivity contribution in [3.8, 4) is 33.5 Å². The molecule has 0 amide bonds. The molecule has 0 bridgehead atoms. The minimum absolute atomic E-state index is 0.973. The molecule has 0 saturated heterocycles. The summed E-state index contributed by atoms with van der Waals surface area (Å²) in [5.74, 6) is 0. The van der Waals surface area contributed by atoms with Gasteiger partial charge in [-0.2, -0.15) is 0 Å². The molecule has 2 heterocycles. The van der Waals surface area contributed by atoms with Crippen molar-refractivity contribution in [3.05, 3.63) is 119 Å². The van der Waals surface area contributed by atoms with E-state index in [9.17, 15) is 0 Å². The standard InChI is InChI=1S/C30H19IN2/c31-28-12-9-21(10-13-28)23-6-8-25-16-27(19-33-30(25)17-23)26-11-14-29(32-18-26)24-7-5-20-3-1-2-4-22(20)15-24/h1-19H. The maximum Gasteiger partial charge on any atom is 0.0708 e. The second-order valence-corrected chi connectivity index (χ2v) is 9.38. The predicted molar refractivity (Wildman–Crippen MR) is 146 cm³/mol. The largest absolute Gasteiger partial charge is 0.256 e. The van der Waals surface area contributed by atoms with Crippen LogP contribution in [-0.2, 0) is 0 Å². The van der Waals surface area contributed by atoms with Crippen molar-refractivity contribution in [2.75, 3.05) is 0 Å². The molecule has 0 N–H and O–H groups in total. The number of benzene rings is 4. The van der Waals surface area contributed by atoms with Gasteiger partial charge in [0.25, 0.3) is 0 Å². The van der Waals surface area contributed by atoms with Crippen LogP contribution in [-0.4, -0.2) is 9.97 Å². The molecule has 6 rings (SSSR count). The van der Waals surface area contributed by atoms with Gasteiger partial charge in [-0.05, 0) is 80.9 Å². The fourth-order valence-electron chi connectivity index (χ4n) is 4.19. The van der Waals surface area contributed by atoms with Crippen molar-refractivity contribution >= 4 is 44.3 Å². The molecule has 0 fully saturated rings. The highest BCUT2D eigenvalue weighted by atomic mass is 127. The van der Waals surface area contributed by atoms with E-state index in [4.69, 9.17) is 9.97 Å². The van der Waals surface area contributed by atoms with E-state index in [2.05, 4.69) is 126 Å². The highest BCUT2D eigenvalue weighted by molar-refractivity contribution is 14.1. The zero-order chi connectivity index (χ0) is 22.2. The van der Waals surface area contributed by atoms with Gasteiger partial charge in [0.1, 0.15) is 0 Å². The van der Waals surface area contributed by atoms with Crippen LogP contribution in [0.4, 0.5) is 0 Å². The monoisotopic (exact) mass is 534 g/mol. The van der Waals surface area contributed by atoms with Crippen molar-refractivity contribution in [3.63, 3.8) is 0 Å². The van der Waals surface area contributed by atoms with Gasteiger partial charge in [-0.1, -0.05) is 66.7 Å². The van der Waals surface area contributed by atoms with Gasteiger partial charge in [-0.3, -0.25) is 9.97 Å². The smallest absolute Gasteiger partial charge is 0.0708 e. The number of nitrogens with zero attached hydrogens (tertiary/aromatic N) is 2. The summed E-state index contributed by atoms with van der Waals surface area (Å²) in [5.41, 5.74) is 7.62. The van der Waals surface area contributed by atoms with Crippen LogP contribution in [0.5, 0.6) is 0 Å². The van der Waals surface area contributed by atoms with E-state index in [-0.39, 0.29) is 0 Å². The number of hydrogen-bond donors (Lipinski definition) is 0. The summed E-state index contributed by atoms with van der Waals surface area (Å²) in [4.78, 5) is 9.49. The van der Waals surface area contributed by atoms with Gasteiger partial charge in [-0.25, -0.2) is 0 Å². The SMILES string of the molecule is Ic1ccc(-c2ccc3cc(-c4ccc(-c5ccc6ccccc6c5)nc4)cnc3c2)cc1. The molecule has 6 aromatic rings. The molecule has 0 unspecified atom stereocenters. The topological polar surface area (TPSA) is 25.8 Å². The van der Waals surface area contributed by atoms with Crippen LogP contribution in [0.1, 0.15) is 0 Å². The average molecular weight is 534 g/mol. The first kappa shape index (κ1) is 20.1. The minimum atomic E-state index is 0.973. The summed E-state index contributed by atoms with van der Waals surface area (Å²) in [5, 5.41) is 3.59. The Bertz CT molecular complexity index is 1600. The fourth-order valence-corrected chi connectivity index (χ4v) is 4.54. The first-order valence-corrected chi connectivity index (χ1v) is 11.9. The van der Waals surface area contributed by atoms with Crippen molar-refractivity contribution in [1.29, 1.82) is 0 Å². The Labute approximate surface area is 206 Å². The molecule has 33 heavy (non-hydrogen) atoms. The molecule has 0 aliphatic carbocycles. The zero-order valence-electron chi connectivity index (χ0n) is 17.7. The summed E-state index contributed by atoms with van der Waals surface area (Å²) >= 11 is 2.33. The number of rotatable bonds is 3. The van der Waals surface area contributed by atoms with Gasteiger partial charge in [-0.15, -0.1) is 0 Å². The van der Waals surface area contributed by atoms with Crippen molar-refractivity contribution in [1.82, 2.24) is 9.97 Å². The molecule has 2 nitrogen and oxygen atoms in total. The third-order valence-electron chi connectivity index (χ3n) is 6.00. The lowest BCUT2D eigenvalue weighted by atomic mass is 10.0. The van der Waals surface area contributed by atoms with Gasteiger partial charge in [0, 0.05) is 38.0 Å². The fraction of sp³-hybridized carbons (Fsp3) is 0. The zero-order valence-corrected chi connectivity index (χ0v) is 19.9. The summed E-state index contributed by atoms with van der Waals surface area (Å²) in [6.07, 6.45) is 3.88. The van der Waals surface area contributed by atoms with Gasteiger partial charge in [0.05, 0.1) is 11.2 Å². The van der Waals surface area contributed by atoms with Crippen LogP contribution in [0.15, 0.2) is 116 Å².